The first-order valence-electron chi connectivity index (χ1n) is 11.5. The molecule has 3 rings (SSSR count). The van der Waals surface area contributed by atoms with Crippen molar-refractivity contribution in [2.45, 2.75) is 39.5 Å². The maximum absolute atomic E-state index is 5.82. The van der Waals surface area contributed by atoms with E-state index in [2.05, 4.69) is 29.4 Å². The van der Waals surface area contributed by atoms with Crippen LogP contribution in [0.3, 0.4) is 0 Å². The summed E-state index contributed by atoms with van der Waals surface area (Å²) in [5.41, 5.74) is 0.927. The predicted octanol–water partition coefficient (Wildman–Crippen LogP) is 4.16. The molecule has 2 heterocycles. The number of unbranched alkanes of at least 4 members (excludes halogenated alkanes) is 1. The number of nitrogens with zero attached hydrogens (tertiary/aromatic N) is 2. The molecule has 1 aromatic carbocycles. The molecule has 0 unspecified atom stereocenters. The predicted molar refractivity (Wildman–Crippen MR) is 125 cm³/mol. The molecule has 1 aliphatic heterocycles. The summed E-state index contributed by atoms with van der Waals surface area (Å²) in [4.78, 5) is 7.24. The van der Waals surface area contributed by atoms with Gasteiger partial charge in [-0.05, 0) is 56.7 Å². The van der Waals surface area contributed by atoms with Crippen molar-refractivity contribution in [3.8, 4) is 11.5 Å². The summed E-state index contributed by atoms with van der Waals surface area (Å²) in [7, 11) is 0. The number of furan rings is 1. The van der Waals surface area contributed by atoms with Crippen LogP contribution in [-0.2, 0) is 6.42 Å². The van der Waals surface area contributed by atoms with Gasteiger partial charge in [0.05, 0.1) is 19.5 Å². The Morgan fingerprint density at radius 3 is 2.68 bits per heavy atom. The average molecular weight is 429 g/mol. The van der Waals surface area contributed by atoms with E-state index in [1.807, 2.05) is 30.3 Å². The number of hydrogen-bond donors (Lipinski definition) is 2. The fourth-order valence-electron chi connectivity index (χ4n) is 3.45. The molecule has 0 spiro atoms. The Balaban J connectivity index is 1.57. The Morgan fingerprint density at radius 1 is 1.06 bits per heavy atom. The maximum atomic E-state index is 5.82. The van der Waals surface area contributed by atoms with E-state index in [1.54, 1.807) is 6.26 Å². The summed E-state index contributed by atoms with van der Waals surface area (Å²) in [5.74, 6) is 3.30. The van der Waals surface area contributed by atoms with Crippen LogP contribution in [0.5, 0.6) is 11.5 Å². The van der Waals surface area contributed by atoms with Gasteiger partial charge in [-0.2, -0.15) is 0 Å². The van der Waals surface area contributed by atoms with Crippen LogP contribution in [0.15, 0.2) is 46.0 Å². The van der Waals surface area contributed by atoms with E-state index in [-0.39, 0.29) is 0 Å². The van der Waals surface area contributed by atoms with Gasteiger partial charge in [0.25, 0.3) is 0 Å². The topological polar surface area (TPSA) is 71.3 Å². The van der Waals surface area contributed by atoms with Gasteiger partial charge >= 0.3 is 0 Å². The average Bonchev–Trinajstić information content (AvgIpc) is 3.19. The summed E-state index contributed by atoms with van der Waals surface area (Å²) >= 11 is 0. The van der Waals surface area contributed by atoms with Crippen molar-refractivity contribution in [1.29, 1.82) is 0 Å². The van der Waals surface area contributed by atoms with E-state index in [1.165, 1.54) is 0 Å². The standard InChI is InChI=1S/C24H36N4O3/c1-3-28(4-2)15-6-5-13-25-24(26-14-12-21-9-7-16-29-21)27-20-10-11-22-23(19-20)31-18-8-17-30-22/h7,9-11,16,19H,3-6,8,12-15,17-18H2,1-2H3,(H2,25,26,27). The Morgan fingerprint density at radius 2 is 1.90 bits per heavy atom. The van der Waals surface area contributed by atoms with Gasteiger partial charge in [-0.3, -0.25) is 4.99 Å². The molecule has 7 nitrogen and oxygen atoms in total. The van der Waals surface area contributed by atoms with Gasteiger partial charge in [-0.15, -0.1) is 0 Å². The van der Waals surface area contributed by atoms with Crippen molar-refractivity contribution in [3.63, 3.8) is 0 Å². The highest BCUT2D eigenvalue weighted by atomic mass is 16.5. The first-order chi connectivity index (χ1) is 15.3. The third kappa shape index (κ3) is 7.83. The van der Waals surface area contributed by atoms with Crippen LogP contribution in [-0.4, -0.2) is 56.8 Å². The van der Waals surface area contributed by atoms with Crippen LogP contribution in [0.25, 0.3) is 0 Å². The molecule has 31 heavy (non-hydrogen) atoms. The second kappa shape index (κ2) is 12.9. The highest BCUT2D eigenvalue weighted by molar-refractivity contribution is 5.94. The normalized spacial score (nSPS) is 13.8. The molecule has 1 aliphatic rings. The number of rotatable bonds is 11. The molecule has 170 valence electrons. The third-order valence-electron chi connectivity index (χ3n) is 5.30. The minimum absolute atomic E-state index is 0.672. The van der Waals surface area contributed by atoms with Crippen LogP contribution < -0.4 is 20.1 Å². The number of fused-ring (bicyclic) bond motifs is 1. The van der Waals surface area contributed by atoms with Gasteiger partial charge < -0.3 is 29.4 Å². The zero-order chi connectivity index (χ0) is 21.7. The maximum Gasteiger partial charge on any atom is 0.195 e. The van der Waals surface area contributed by atoms with Crippen molar-refractivity contribution < 1.29 is 13.9 Å². The molecule has 0 amide bonds. The van der Waals surface area contributed by atoms with Crippen molar-refractivity contribution in [2.75, 3.05) is 51.3 Å². The number of aliphatic imine (C=N–C) groups is 1. The second-order valence-electron chi connectivity index (χ2n) is 7.56. The molecular formula is C24H36N4O3. The molecule has 0 bridgehead atoms. The molecule has 0 fully saturated rings. The lowest BCUT2D eigenvalue weighted by molar-refractivity contribution is 0.297. The van der Waals surface area contributed by atoms with Gasteiger partial charge in [-0.1, -0.05) is 13.8 Å². The molecule has 0 radical (unpaired) electrons. The number of guanidine groups is 1. The van der Waals surface area contributed by atoms with Crippen molar-refractivity contribution in [2.24, 2.45) is 4.99 Å². The summed E-state index contributed by atoms with van der Waals surface area (Å²) in [5, 5.41) is 6.83. The molecule has 2 N–H and O–H groups in total. The lowest BCUT2D eigenvalue weighted by Gasteiger charge is -2.17. The number of hydrogen-bond acceptors (Lipinski definition) is 5. The molecule has 1 aromatic heterocycles. The molecular weight excluding hydrogens is 392 g/mol. The van der Waals surface area contributed by atoms with Gasteiger partial charge in [0.1, 0.15) is 5.76 Å². The Kier molecular flexibility index (Phi) is 9.57. The van der Waals surface area contributed by atoms with Gasteiger partial charge in [-0.25, -0.2) is 0 Å². The lowest BCUT2D eigenvalue weighted by atomic mass is 10.2. The third-order valence-corrected chi connectivity index (χ3v) is 5.30. The van der Waals surface area contributed by atoms with Crippen LogP contribution in [0.2, 0.25) is 0 Å². The largest absolute Gasteiger partial charge is 0.490 e. The van der Waals surface area contributed by atoms with E-state index < -0.39 is 0 Å². The SMILES string of the molecule is CCN(CC)CCCCN=C(NCCc1ccco1)Nc1ccc2c(c1)OCCCO2. The van der Waals surface area contributed by atoms with Crippen molar-refractivity contribution >= 4 is 11.6 Å². The minimum Gasteiger partial charge on any atom is -0.490 e. The smallest absolute Gasteiger partial charge is 0.195 e. The molecule has 0 aliphatic carbocycles. The van der Waals surface area contributed by atoms with E-state index >= 15 is 0 Å². The summed E-state index contributed by atoms with van der Waals surface area (Å²) in [6, 6.07) is 9.83. The first-order valence-corrected chi connectivity index (χ1v) is 11.5. The van der Waals surface area contributed by atoms with E-state index in [4.69, 9.17) is 18.9 Å². The van der Waals surface area contributed by atoms with E-state index in [9.17, 15) is 0 Å². The fraction of sp³-hybridized carbons (Fsp3) is 0.542. The molecule has 0 saturated carbocycles. The molecule has 7 heteroatoms. The zero-order valence-corrected chi connectivity index (χ0v) is 18.9. The molecule has 2 aromatic rings. The van der Waals surface area contributed by atoms with E-state index in [0.29, 0.717) is 13.2 Å². The van der Waals surface area contributed by atoms with Crippen LogP contribution >= 0.6 is 0 Å². The number of nitrogens with one attached hydrogen (secondary N) is 2. The Hall–Kier alpha value is -2.67. The second-order valence-corrected chi connectivity index (χ2v) is 7.56. The van der Waals surface area contributed by atoms with Crippen LogP contribution in [0, 0.1) is 0 Å². The van der Waals surface area contributed by atoms with Crippen LogP contribution in [0.1, 0.15) is 38.9 Å². The molecule has 0 atom stereocenters. The van der Waals surface area contributed by atoms with Gasteiger partial charge in [0.15, 0.2) is 17.5 Å². The van der Waals surface area contributed by atoms with Crippen molar-refractivity contribution in [1.82, 2.24) is 10.2 Å². The Labute approximate surface area is 185 Å². The number of ether oxygens (including phenoxy) is 2. The summed E-state index contributed by atoms with van der Waals surface area (Å²) < 4.78 is 17.0. The fourth-order valence-corrected chi connectivity index (χ4v) is 3.45. The van der Waals surface area contributed by atoms with Crippen LogP contribution in [0.4, 0.5) is 5.69 Å². The van der Waals surface area contributed by atoms with E-state index in [0.717, 1.165) is 87.3 Å². The summed E-state index contributed by atoms with van der Waals surface area (Å²) in [6.45, 7) is 10.6. The zero-order valence-electron chi connectivity index (χ0n) is 18.9. The first kappa shape index (κ1) is 23.0. The molecule has 0 saturated heterocycles. The quantitative estimate of drug-likeness (QED) is 0.318. The minimum atomic E-state index is 0.672. The van der Waals surface area contributed by atoms with Gasteiger partial charge in [0, 0.05) is 37.7 Å². The monoisotopic (exact) mass is 428 g/mol. The highest BCUT2D eigenvalue weighted by Crippen LogP contribution is 2.32. The highest BCUT2D eigenvalue weighted by Gasteiger charge is 2.11. The van der Waals surface area contributed by atoms with Gasteiger partial charge in [0.2, 0.25) is 0 Å². The lowest BCUT2D eigenvalue weighted by Crippen LogP contribution is -2.32. The Bertz CT molecular complexity index is 788. The van der Waals surface area contributed by atoms with Crippen molar-refractivity contribution in [3.05, 3.63) is 42.4 Å². The summed E-state index contributed by atoms with van der Waals surface area (Å²) in [6.07, 6.45) is 5.61. The number of benzene rings is 1. The number of anilines is 1.